The Labute approximate surface area is 170 Å². The second kappa shape index (κ2) is 12.1. The first-order chi connectivity index (χ1) is 13.9. The predicted molar refractivity (Wildman–Crippen MR) is 112 cm³/mol. The van der Waals surface area contributed by atoms with Gasteiger partial charge in [0.25, 0.3) is 5.91 Å². The predicted octanol–water partition coefficient (Wildman–Crippen LogP) is 5.72. The summed E-state index contributed by atoms with van der Waals surface area (Å²) in [6, 6.07) is 8.97. The maximum atomic E-state index is 13.0. The van der Waals surface area contributed by atoms with Crippen molar-refractivity contribution in [1.29, 1.82) is 0 Å². The van der Waals surface area contributed by atoms with E-state index in [0.717, 1.165) is 0 Å². The SMILES string of the molecule is CC.C\C=C(/C=C\C=C(/C)NC(=O)c1ccc(-c2ccc(F)cc2)o1)CC(=O)O. The smallest absolute Gasteiger partial charge is 0.307 e. The van der Waals surface area contributed by atoms with Crippen LogP contribution in [-0.4, -0.2) is 17.0 Å². The number of hydrogen-bond acceptors (Lipinski definition) is 3. The molecule has 1 amide bonds. The van der Waals surface area contributed by atoms with Crippen LogP contribution in [0.3, 0.4) is 0 Å². The number of nitrogens with one attached hydrogen (secondary N) is 1. The standard InChI is InChI=1S/C21H20FNO4.C2H6/c1-3-15(13-20(24)25)6-4-5-14(2)23-21(26)19-12-11-18(27-19)16-7-9-17(22)10-8-16;1-2/h3-12H,13H2,1-2H3,(H,23,26)(H,24,25);1-2H3/b6-4-,14-5+,15-3+;. The van der Waals surface area contributed by atoms with E-state index < -0.39 is 11.9 Å². The summed E-state index contributed by atoms with van der Waals surface area (Å²) in [5.41, 5.74) is 1.90. The largest absolute Gasteiger partial charge is 0.481 e. The highest BCUT2D eigenvalue weighted by molar-refractivity contribution is 5.93. The summed E-state index contributed by atoms with van der Waals surface area (Å²) in [6.07, 6.45) is 6.65. The van der Waals surface area contributed by atoms with Crippen molar-refractivity contribution in [2.45, 2.75) is 34.1 Å². The van der Waals surface area contributed by atoms with Crippen LogP contribution >= 0.6 is 0 Å². The Morgan fingerprint density at radius 1 is 1.14 bits per heavy atom. The summed E-state index contributed by atoms with van der Waals surface area (Å²) < 4.78 is 18.5. The summed E-state index contributed by atoms with van der Waals surface area (Å²) in [7, 11) is 0. The van der Waals surface area contributed by atoms with Crippen molar-refractivity contribution in [3.05, 3.63) is 83.5 Å². The summed E-state index contributed by atoms with van der Waals surface area (Å²) in [5, 5.41) is 11.5. The van der Waals surface area contributed by atoms with E-state index in [2.05, 4.69) is 5.32 Å². The number of halogens is 1. The molecule has 29 heavy (non-hydrogen) atoms. The van der Waals surface area contributed by atoms with Crippen molar-refractivity contribution in [3.8, 4) is 11.3 Å². The fraction of sp³-hybridized carbons (Fsp3) is 0.217. The number of carboxylic acid groups (broad SMARTS) is 1. The molecular formula is C23H26FNO4. The molecule has 0 spiro atoms. The molecule has 2 rings (SSSR count). The van der Waals surface area contributed by atoms with Crippen LogP contribution in [0.1, 0.15) is 44.7 Å². The molecule has 2 N–H and O–H groups in total. The molecule has 0 bridgehead atoms. The van der Waals surface area contributed by atoms with Gasteiger partial charge in [0.15, 0.2) is 5.76 Å². The third kappa shape index (κ3) is 8.01. The highest BCUT2D eigenvalue weighted by Gasteiger charge is 2.12. The number of allylic oxidation sites excluding steroid dienone is 5. The van der Waals surface area contributed by atoms with Crippen LogP contribution in [0.2, 0.25) is 0 Å². The Bertz CT molecular complexity index is 905. The zero-order valence-corrected chi connectivity index (χ0v) is 17.0. The number of amides is 1. The zero-order valence-electron chi connectivity index (χ0n) is 17.0. The van der Waals surface area contributed by atoms with Gasteiger partial charge in [-0.2, -0.15) is 0 Å². The van der Waals surface area contributed by atoms with Crippen LogP contribution in [0, 0.1) is 5.82 Å². The monoisotopic (exact) mass is 399 g/mol. The Morgan fingerprint density at radius 3 is 2.38 bits per heavy atom. The lowest BCUT2D eigenvalue weighted by molar-refractivity contribution is -0.136. The van der Waals surface area contributed by atoms with Crippen molar-refractivity contribution in [2.24, 2.45) is 0 Å². The van der Waals surface area contributed by atoms with Gasteiger partial charge >= 0.3 is 5.97 Å². The zero-order chi connectivity index (χ0) is 21.8. The Hall–Kier alpha value is -3.41. The molecule has 0 aliphatic carbocycles. The first-order valence-corrected chi connectivity index (χ1v) is 9.28. The third-order valence-electron chi connectivity index (χ3n) is 3.65. The summed E-state index contributed by atoms with van der Waals surface area (Å²) in [4.78, 5) is 22.9. The number of benzene rings is 1. The number of carbonyl (C=O) groups excluding carboxylic acids is 1. The van der Waals surface area contributed by atoms with E-state index in [1.165, 1.54) is 12.1 Å². The molecule has 0 atom stereocenters. The van der Waals surface area contributed by atoms with E-state index in [9.17, 15) is 14.0 Å². The highest BCUT2D eigenvalue weighted by Crippen LogP contribution is 2.22. The van der Waals surface area contributed by atoms with Crippen LogP contribution in [0.15, 0.2) is 76.4 Å². The molecule has 5 nitrogen and oxygen atoms in total. The molecule has 0 aliphatic rings. The number of aliphatic carboxylic acids is 1. The maximum absolute atomic E-state index is 13.0. The molecule has 6 heteroatoms. The third-order valence-corrected chi connectivity index (χ3v) is 3.65. The van der Waals surface area contributed by atoms with E-state index in [0.29, 0.717) is 22.6 Å². The number of carboxylic acids is 1. The van der Waals surface area contributed by atoms with E-state index in [4.69, 9.17) is 9.52 Å². The minimum absolute atomic E-state index is 0.0647. The second-order valence-corrected chi connectivity index (χ2v) is 5.77. The summed E-state index contributed by atoms with van der Waals surface area (Å²) in [6.45, 7) is 7.47. The van der Waals surface area contributed by atoms with Gasteiger partial charge in [-0.05, 0) is 61.9 Å². The van der Waals surface area contributed by atoms with Crippen LogP contribution in [-0.2, 0) is 4.79 Å². The number of furan rings is 1. The van der Waals surface area contributed by atoms with Crippen molar-refractivity contribution in [1.82, 2.24) is 5.32 Å². The van der Waals surface area contributed by atoms with Crippen molar-refractivity contribution in [3.63, 3.8) is 0 Å². The molecule has 0 saturated carbocycles. The molecule has 154 valence electrons. The minimum Gasteiger partial charge on any atom is -0.481 e. The normalized spacial score (nSPS) is 11.8. The quantitative estimate of drug-likeness (QED) is 0.583. The van der Waals surface area contributed by atoms with Gasteiger partial charge < -0.3 is 14.8 Å². The van der Waals surface area contributed by atoms with Gasteiger partial charge in [-0.1, -0.05) is 32.1 Å². The molecule has 0 fully saturated rings. The maximum Gasteiger partial charge on any atom is 0.307 e. The van der Waals surface area contributed by atoms with Gasteiger partial charge in [-0.15, -0.1) is 0 Å². The average Bonchev–Trinajstić information content (AvgIpc) is 3.19. The minimum atomic E-state index is -0.906. The van der Waals surface area contributed by atoms with Crippen LogP contribution in [0.25, 0.3) is 11.3 Å². The Morgan fingerprint density at radius 2 is 1.79 bits per heavy atom. The Balaban J connectivity index is 0.00000204. The van der Waals surface area contributed by atoms with E-state index in [1.54, 1.807) is 62.4 Å². The molecule has 0 radical (unpaired) electrons. The van der Waals surface area contributed by atoms with Crippen molar-refractivity contribution < 1.29 is 23.5 Å². The molecule has 1 aromatic carbocycles. The molecular weight excluding hydrogens is 373 g/mol. The fourth-order valence-electron chi connectivity index (χ4n) is 2.26. The number of hydrogen-bond donors (Lipinski definition) is 2. The van der Waals surface area contributed by atoms with Crippen LogP contribution in [0.4, 0.5) is 4.39 Å². The molecule has 1 aromatic heterocycles. The van der Waals surface area contributed by atoms with Gasteiger partial charge in [0, 0.05) is 11.3 Å². The van der Waals surface area contributed by atoms with Gasteiger partial charge in [-0.25, -0.2) is 4.39 Å². The second-order valence-electron chi connectivity index (χ2n) is 5.77. The summed E-state index contributed by atoms with van der Waals surface area (Å²) >= 11 is 0. The van der Waals surface area contributed by atoms with Crippen molar-refractivity contribution >= 4 is 11.9 Å². The number of rotatable bonds is 7. The van der Waals surface area contributed by atoms with Gasteiger partial charge in [0.2, 0.25) is 0 Å². The molecule has 1 heterocycles. The van der Waals surface area contributed by atoms with Gasteiger partial charge in [0.1, 0.15) is 11.6 Å². The average molecular weight is 399 g/mol. The molecule has 2 aromatic rings. The van der Waals surface area contributed by atoms with Gasteiger partial charge in [-0.3, -0.25) is 9.59 Å². The first-order valence-electron chi connectivity index (χ1n) is 9.28. The highest BCUT2D eigenvalue weighted by atomic mass is 19.1. The lowest BCUT2D eigenvalue weighted by atomic mass is 10.1. The molecule has 0 aliphatic heterocycles. The van der Waals surface area contributed by atoms with Crippen molar-refractivity contribution in [2.75, 3.05) is 0 Å². The summed E-state index contributed by atoms with van der Waals surface area (Å²) in [5.74, 6) is -1.07. The van der Waals surface area contributed by atoms with Gasteiger partial charge in [0.05, 0.1) is 6.42 Å². The van der Waals surface area contributed by atoms with E-state index in [-0.39, 0.29) is 18.0 Å². The van der Waals surface area contributed by atoms with Crippen LogP contribution in [0.5, 0.6) is 0 Å². The lowest BCUT2D eigenvalue weighted by Gasteiger charge is -2.02. The lowest BCUT2D eigenvalue weighted by Crippen LogP contribution is -2.20. The molecule has 0 unspecified atom stereocenters. The Kier molecular flexibility index (Phi) is 9.88. The topological polar surface area (TPSA) is 79.5 Å². The fourth-order valence-corrected chi connectivity index (χ4v) is 2.26. The van der Waals surface area contributed by atoms with Crippen LogP contribution < -0.4 is 5.32 Å². The first kappa shape index (κ1) is 23.6. The number of carbonyl (C=O) groups is 2. The van der Waals surface area contributed by atoms with E-state index in [1.807, 2.05) is 13.8 Å². The van der Waals surface area contributed by atoms with E-state index >= 15 is 0 Å². The molecule has 0 saturated heterocycles.